The van der Waals surface area contributed by atoms with Crippen LogP contribution in [0.4, 0.5) is 0 Å². The van der Waals surface area contributed by atoms with E-state index in [-0.39, 0.29) is 17.5 Å². The van der Waals surface area contributed by atoms with Gasteiger partial charge in [0.15, 0.2) is 11.5 Å². The number of hydrogen-bond donors (Lipinski definition) is 1. The lowest BCUT2D eigenvalue weighted by molar-refractivity contribution is -0.143. The molecule has 0 amide bonds. The fraction of sp³-hybridized carbons (Fsp3) is 0.571. The summed E-state index contributed by atoms with van der Waals surface area (Å²) in [5.41, 5.74) is 2.15. The van der Waals surface area contributed by atoms with E-state index in [1.165, 1.54) is 11.1 Å². The molecule has 1 spiro atoms. The van der Waals surface area contributed by atoms with Gasteiger partial charge in [0.25, 0.3) is 0 Å². The third-order valence-electron chi connectivity index (χ3n) is 5.97. The number of hydrogen-bond acceptors (Lipinski definition) is 6. The summed E-state index contributed by atoms with van der Waals surface area (Å²) in [6, 6.07) is 4.06. The largest absolute Gasteiger partial charge is 0.493 e. The number of carbonyl (C=O) groups is 1. The van der Waals surface area contributed by atoms with Crippen LogP contribution >= 0.6 is 0 Å². The summed E-state index contributed by atoms with van der Waals surface area (Å²) in [7, 11) is 1.66. The topological polar surface area (TPSA) is 68.2 Å². The van der Waals surface area contributed by atoms with Crippen molar-refractivity contribution in [3.05, 3.63) is 35.4 Å². The fourth-order valence-corrected chi connectivity index (χ4v) is 4.67. The van der Waals surface area contributed by atoms with E-state index in [1.807, 2.05) is 19.1 Å². The number of aliphatic hydroxyl groups excluding tert-OH is 1. The molecule has 2 heterocycles. The second kappa shape index (κ2) is 7.17. The minimum absolute atomic E-state index is 0.0902. The third kappa shape index (κ3) is 3.11. The van der Waals surface area contributed by atoms with Crippen molar-refractivity contribution < 1.29 is 24.1 Å². The molecule has 4 rings (SSSR count). The van der Waals surface area contributed by atoms with Gasteiger partial charge in [-0.25, -0.2) is 0 Å². The zero-order valence-electron chi connectivity index (χ0n) is 15.9. The molecule has 1 aromatic rings. The lowest BCUT2D eigenvalue weighted by atomic mass is 9.69. The standard InChI is InChI=1S/C21H27NO5/c1-3-26-18(24)7-10-22-11-9-21-8-6-15(23)12-17(21)27-20-16(25-2)5-4-14(13-22)19(20)21/h4-6,8,15,17,23H,3,7,9-13H2,1-2H3. The number of ether oxygens (including phenoxy) is 3. The SMILES string of the molecule is CCOC(=O)CCN1CCC23C=CC(O)CC2Oc2c(OC)ccc(c23)C1. The Morgan fingerprint density at radius 2 is 2.30 bits per heavy atom. The molecule has 3 aliphatic rings. The maximum absolute atomic E-state index is 11.8. The Morgan fingerprint density at radius 1 is 1.44 bits per heavy atom. The van der Waals surface area contributed by atoms with Crippen LogP contribution < -0.4 is 9.47 Å². The fourth-order valence-electron chi connectivity index (χ4n) is 4.67. The molecule has 3 unspecified atom stereocenters. The molecule has 1 aromatic carbocycles. The molecule has 1 N–H and O–H groups in total. The molecular weight excluding hydrogens is 346 g/mol. The highest BCUT2D eigenvalue weighted by molar-refractivity contribution is 5.69. The smallest absolute Gasteiger partial charge is 0.307 e. The Labute approximate surface area is 159 Å². The van der Waals surface area contributed by atoms with Crippen LogP contribution in [-0.2, 0) is 21.5 Å². The molecule has 0 fully saturated rings. The minimum atomic E-state index is -0.479. The number of methoxy groups -OCH3 is 1. The summed E-state index contributed by atoms with van der Waals surface area (Å²) in [6.07, 6.45) is 5.32. The van der Waals surface area contributed by atoms with Gasteiger partial charge in [-0.05, 0) is 31.5 Å². The van der Waals surface area contributed by atoms with E-state index in [0.29, 0.717) is 26.0 Å². The summed E-state index contributed by atoms with van der Waals surface area (Å²) in [5, 5.41) is 10.1. The molecule has 0 bridgehead atoms. The Bertz CT molecular complexity index is 761. The zero-order valence-corrected chi connectivity index (χ0v) is 15.9. The Morgan fingerprint density at radius 3 is 3.07 bits per heavy atom. The average Bonchev–Trinajstić information content (AvgIpc) is 2.89. The van der Waals surface area contributed by atoms with Crippen molar-refractivity contribution in [3.8, 4) is 11.5 Å². The van der Waals surface area contributed by atoms with Crippen LogP contribution in [0.1, 0.15) is 37.3 Å². The first-order valence-electron chi connectivity index (χ1n) is 9.69. The molecule has 2 aliphatic heterocycles. The van der Waals surface area contributed by atoms with Crippen molar-refractivity contribution >= 4 is 5.97 Å². The van der Waals surface area contributed by atoms with Crippen molar-refractivity contribution in [1.82, 2.24) is 4.90 Å². The lowest BCUT2D eigenvalue weighted by Gasteiger charge is -2.35. The van der Waals surface area contributed by atoms with Crippen LogP contribution in [0, 0.1) is 0 Å². The van der Waals surface area contributed by atoms with Crippen molar-refractivity contribution in [2.24, 2.45) is 0 Å². The van der Waals surface area contributed by atoms with Gasteiger partial charge in [0, 0.05) is 25.1 Å². The van der Waals surface area contributed by atoms with Gasteiger partial charge in [-0.15, -0.1) is 0 Å². The first kappa shape index (κ1) is 18.3. The predicted molar refractivity (Wildman–Crippen MR) is 100.0 cm³/mol. The molecule has 1 aliphatic carbocycles. The van der Waals surface area contributed by atoms with Gasteiger partial charge in [-0.2, -0.15) is 0 Å². The number of carbonyl (C=O) groups excluding carboxylic acids is 1. The monoisotopic (exact) mass is 373 g/mol. The summed E-state index contributed by atoms with van der Waals surface area (Å²) < 4.78 is 16.9. The third-order valence-corrected chi connectivity index (χ3v) is 5.97. The van der Waals surface area contributed by atoms with Gasteiger partial charge >= 0.3 is 5.97 Å². The van der Waals surface area contributed by atoms with Crippen molar-refractivity contribution in [2.45, 2.75) is 50.4 Å². The second-order valence-electron chi connectivity index (χ2n) is 7.52. The van der Waals surface area contributed by atoms with Crippen molar-refractivity contribution in [1.29, 1.82) is 0 Å². The van der Waals surface area contributed by atoms with Gasteiger partial charge in [0.05, 0.1) is 31.7 Å². The second-order valence-corrected chi connectivity index (χ2v) is 7.52. The Balaban J connectivity index is 1.67. The average molecular weight is 373 g/mol. The number of aliphatic hydroxyl groups is 1. The van der Waals surface area contributed by atoms with Gasteiger partial charge in [0.2, 0.25) is 0 Å². The molecule has 0 radical (unpaired) electrons. The summed E-state index contributed by atoms with van der Waals surface area (Å²) in [4.78, 5) is 14.1. The summed E-state index contributed by atoms with van der Waals surface area (Å²) in [5.74, 6) is 1.40. The van der Waals surface area contributed by atoms with E-state index in [1.54, 1.807) is 7.11 Å². The van der Waals surface area contributed by atoms with Gasteiger partial charge in [-0.1, -0.05) is 18.2 Å². The maximum Gasteiger partial charge on any atom is 0.307 e. The zero-order chi connectivity index (χ0) is 19.0. The summed E-state index contributed by atoms with van der Waals surface area (Å²) in [6.45, 7) is 4.54. The molecule has 146 valence electrons. The van der Waals surface area contributed by atoms with Crippen molar-refractivity contribution in [3.63, 3.8) is 0 Å². The quantitative estimate of drug-likeness (QED) is 0.630. The van der Waals surface area contributed by atoms with E-state index in [4.69, 9.17) is 14.2 Å². The van der Waals surface area contributed by atoms with Crippen LogP contribution in [0.15, 0.2) is 24.3 Å². The maximum atomic E-state index is 11.8. The number of rotatable bonds is 5. The number of nitrogens with zero attached hydrogens (tertiary/aromatic N) is 1. The van der Waals surface area contributed by atoms with Crippen LogP contribution in [0.3, 0.4) is 0 Å². The number of benzene rings is 1. The molecule has 6 nitrogen and oxygen atoms in total. The molecule has 0 aromatic heterocycles. The molecule has 0 saturated carbocycles. The molecular formula is C21H27NO5. The van der Waals surface area contributed by atoms with Gasteiger partial charge in [-0.3, -0.25) is 9.69 Å². The highest BCUT2D eigenvalue weighted by atomic mass is 16.5. The predicted octanol–water partition coefficient (Wildman–Crippen LogP) is 2.17. The van der Waals surface area contributed by atoms with E-state index >= 15 is 0 Å². The van der Waals surface area contributed by atoms with Crippen LogP contribution in [-0.4, -0.2) is 55.0 Å². The first-order valence-corrected chi connectivity index (χ1v) is 9.69. The van der Waals surface area contributed by atoms with E-state index < -0.39 is 6.10 Å². The highest BCUT2D eigenvalue weighted by Crippen LogP contribution is 2.55. The Kier molecular flexibility index (Phi) is 4.86. The van der Waals surface area contributed by atoms with E-state index in [0.717, 1.165) is 31.0 Å². The van der Waals surface area contributed by atoms with Gasteiger partial charge in [0.1, 0.15) is 6.10 Å². The highest BCUT2D eigenvalue weighted by Gasteiger charge is 2.52. The molecule has 6 heteroatoms. The van der Waals surface area contributed by atoms with Gasteiger partial charge < -0.3 is 19.3 Å². The molecule has 27 heavy (non-hydrogen) atoms. The number of esters is 1. The lowest BCUT2D eigenvalue weighted by Crippen LogP contribution is -2.43. The van der Waals surface area contributed by atoms with E-state index in [2.05, 4.69) is 17.0 Å². The van der Waals surface area contributed by atoms with Crippen molar-refractivity contribution in [2.75, 3.05) is 26.8 Å². The Hall–Kier alpha value is -2.05. The van der Waals surface area contributed by atoms with Crippen LogP contribution in [0.5, 0.6) is 11.5 Å². The molecule has 0 saturated heterocycles. The van der Waals surface area contributed by atoms with Crippen LogP contribution in [0.25, 0.3) is 0 Å². The summed E-state index contributed by atoms with van der Waals surface area (Å²) >= 11 is 0. The normalized spacial score (nSPS) is 28.7. The first-order chi connectivity index (χ1) is 13.1. The minimum Gasteiger partial charge on any atom is -0.493 e. The van der Waals surface area contributed by atoms with Crippen LogP contribution in [0.2, 0.25) is 0 Å². The molecule has 3 atom stereocenters. The van der Waals surface area contributed by atoms with E-state index in [9.17, 15) is 9.90 Å².